The van der Waals surface area contributed by atoms with Gasteiger partial charge in [-0.1, -0.05) is 0 Å². The molecule has 4 aromatic rings. The van der Waals surface area contributed by atoms with Gasteiger partial charge in [0.1, 0.15) is 0 Å². The van der Waals surface area contributed by atoms with Crippen molar-refractivity contribution in [1.29, 1.82) is 0 Å². The quantitative estimate of drug-likeness (QED) is 0.258. The third kappa shape index (κ3) is 5.41. The van der Waals surface area contributed by atoms with E-state index in [1.165, 1.54) is 61.2 Å². The van der Waals surface area contributed by atoms with E-state index in [1.807, 2.05) is 0 Å². The topological polar surface area (TPSA) is 0 Å². The minimum atomic E-state index is -2.84. The molecular formula is C45H44Cl2Zr. The van der Waals surface area contributed by atoms with E-state index in [2.05, 4.69) is 165 Å². The second-order valence-electron chi connectivity index (χ2n) is 15.3. The zero-order chi connectivity index (χ0) is 32.1. The maximum absolute atomic E-state index is 2.84. The predicted octanol–water partition coefficient (Wildman–Crippen LogP) is 5.52. The summed E-state index contributed by atoms with van der Waals surface area (Å²) in [5, 5.41) is 0. The van der Waals surface area contributed by atoms with E-state index in [0.717, 1.165) is 0 Å². The van der Waals surface area contributed by atoms with Crippen LogP contribution in [0.15, 0.2) is 118 Å². The first-order chi connectivity index (χ1) is 21.9. The Morgan fingerprint density at radius 3 is 1.44 bits per heavy atom. The fourth-order valence-electron chi connectivity index (χ4n) is 9.14. The van der Waals surface area contributed by atoms with E-state index in [1.54, 1.807) is 17.6 Å². The molecule has 4 aliphatic rings. The number of hydrogen-bond acceptors (Lipinski definition) is 0. The molecular weight excluding hydrogens is 703 g/mol. The van der Waals surface area contributed by atoms with Crippen LogP contribution in [0.2, 0.25) is 0 Å². The number of halogens is 2. The van der Waals surface area contributed by atoms with Crippen LogP contribution in [-0.4, -0.2) is 3.21 Å². The SMILES string of the molecule is CC1=CC(C)[C]([Zr+2](=[C](c2ccccc2)c2ccccc2)[CH]2c3cc4c(cc3-c3cc5c(cc32)C(C)(C)C=C5C)C(C)=CC4(C)C)=C1.[Cl-].[Cl-]. The molecule has 242 valence electrons. The first-order valence-electron chi connectivity index (χ1n) is 17.0. The van der Waals surface area contributed by atoms with Crippen molar-refractivity contribution in [1.82, 2.24) is 0 Å². The summed E-state index contributed by atoms with van der Waals surface area (Å²) < 4.78 is 3.73. The van der Waals surface area contributed by atoms with Crippen molar-refractivity contribution in [2.45, 2.75) is 69.8 Å². The molecule has 8 rings (SSSR count). The Labute approximate surface area is 307 Å². The van der Waals surface area contributed by atoms with Crippen LogP contribution in [0.1, 0.15) is 104 Å². The molecule has 1 unspecified atom stereocenters. The van der Waals surface area contributed by atoms with Gasteiger partial charge >= 0.3 is 285 Å². The Morgan fingerprint density at radius 1 is 0.604 bits per heavy atom. The van der Waals surface area contributed by atoms with Gasteiger partial charge in [-0.25, -0.2) is 0 Å². The standard InChI is InChI=1S/C25H25.C13H10.C7H9.2ClH.Zr/c1-14-12-24(3,4)22-8-16-7-17-9-23-19(15(2)13-25(23,5)6)11-21(17)20(16)10-18(14)22;1-3-7-12(8-4-1)11-13-9-5-2-6-10-13;1-6-3-4-7(2)5-6;;;/h7-13H,1-6H3;1-10H;3,5,7H,1-2H3;2*1H;/q;;;;;+2/p-2. The summed E-state index contributed by atoms with van der Waals surface area (Å²) in [6, 6.07) is 33.3. The molecule has 0 spiro atoms. The summed E-state index contributed by atoms with van der Waals surface area (Å²) in [5.41, 5.74) is 19.1. The maximum atomic E-state index is 2.66. The zero-order valence-corrected chi connectivity index (χ0v) is 33.3. The minimum absolute atomic E-state index is 0. The molecule has 0 aromatic heterocycles. The average Bonchev–Trinajstić information content (AvgIpc) is 3.67. The number of hydrogen-bond donors (Lipinski definition) is 0. The van der Waals surface area contributed by atoms with Gasteiger partial charge in [0.25, 0.3) is 0 Å². The Kier molecular flexibility index (Phi) is 9.12. The summed E-state index contributed by atoms with van der Waals surface area (Å²) in [7, 11) is 0. The number of rotatable bonds is 4. The smallest absolute Gasteiger partial charge is 1.00 e. The van der Waals surface area contributed by atoms with Crippen LogP contribution in [0, 0.1) is 5.92 Å². The molecule has 0 saturated heterocycles. The largest absolute Gasteiger partial charge is 1.00 e. The minimum Gasteiger partial charge on any atom is -1.00 e. The Morgan fingerprint density at radius 2 is 1.04 bits per heavy atom. The van der Waals surface area contributed by atoms with Crippen LogP contribution in [0.5, 0.6) is 0 Å². The normalized spacial score (nSPS) is 18.9. The van der Waals surface area contributed by atoms with Gasteiger partial charge in [-0.15, -0.1) is 0 Å². The molecule has 3 heteroatoms. The Hall–Kier alpha value is -2.83. The van der Waals surface area contributed by atoms with Gasteiger partial charge in [-0.3, -0.25) is 0 Å². The molecule has 0 aliphatic heterocycles. The number of fused-ring (bicyclic) bond motifs is 5. The van der Waals surface area contributed by atoms with E-state index in [0.29, 0.717) is 9.54 Å². The molecule has 48 heavy (non-hydrogen) atoms. The van der Waals surface area contributed by atoms with Gasteiger partial charge in [0.15, 0.2) is 0 Å². The molecule has 0 N–H and O–H groups in total. The van der Waals surface area contributed by atoms with Crippen molar-refractivity contribution >= 4 is 14.4 Å². The van der Waals surface area contributed by atoms with Crippen LogP contribution < -0.4 is 24.8 Å². The fourth-order valence-corrected chi connectivity index (χ4v) is 18.8. The fraction of sp³-hybridized carbons (Fsp3) is 0.267. The molecule has 0 radical (unpaired) electrons. The Bertz CT molecular complexity index is 1990. The number of benzene rings is 4. The van der Waals surface area contributed by atoms with Gasteiger partial charge in [-0.05, 0) is 0 Å². The van der Waals surface area contributed by atoms with Crippen LogP contribution >= 0.6 is 0 Å². The second kappa shape index (κ2) is 12.5. The molecule has 4 aliphatic carbocycles. The summed E-state index contributed by atoms with van der Waals surface area (Å²) >= 11 is -2.84. The summed E-state index contributed by atoms with van der Waals surface area (Å²) in [5.74, 6) is 0.453. The van der Waals surface area contributed by atoms with E-state index < -0.39 is 21.3 Å². The number of allylic oxidation sites excluding steroid dienone is 8. The molecule has 0 heterocycles. The third-order valence-electron chi connectivity index (χ3n) is 11.1. The molecule has 1 atom stereocenters. The molecule has 4 aromatic carbocycles. The monoisotopic (exact) mass is 744 g/mol. The van der Waals surface area contributed by atoms with Crippen LogP contribution in [0.3, 0.4) is 0 Å². The molecule has 0 fully saturated rings. The second-order valence-corrected chi connectivity index (χ2v) is 21.4. The first-order valence-corrected chi connectivity index (χ1v) is 20.8. The first kappa shape index (κ1) is 35.0. The summed E-state index contributed by atoms with van der Waals surface area (Å²) in [4.78, 5) is 0. The third-order valence-corrected chi connectivity index (χ3v) is 19.8. The van der Waals surface area contributed by atoms with Crippen molar-refractivity contribution in [2.75, 3.05) is 0 Å². The van der Waals surface area contributed by atoms with Gasteiger partial charge in [0.2, 0.25) is 0 Å². The van der Waals surface area contributed by atoms with E-state index in [-0.39, 0.29) is 35.6 Å². The van der Waals surface area contributed by atoms with Crippen molar-refractivity contribution in [3.63, 3.8) is 0 Å². The average molecular weight is 747 g/mol. The van der Waals surface area contributed by atoms with E-state index in [9.17, 15) is 0 Å². The van der Waals surface area contributed by atoms with Crippen molar-refractivity contribution in [2.24, 2.45) is 5.92 Å². The van der Waals surface area contributed by atoms with Crippen LogP contribution in [0.4, 0.5) is 0 Å². The molecule has 0 saturated carbocycles. The Balaban J connectivity index is 0.00000201. The summed E-state index contributed by atoms with van der Waals surface area (Å²) in [6.45, 7) is 19.0. The maximum Gasteiger partial charge on any atom is -1.00 e. The van der Waals surface area contributed by atoms with Crippen molar-refractivity contribution in [3.05, 3.63) is 163 Å². The van der Waals surface area contributed by atoms with Crippen molar-refractivity contribution < 1.29 is 46.1 Å². The van der Waals surface area contributed by atoms with Crippen LogP contribution in [-0.2, 0) is 32.1 Å². The zero-order valence-electron chi connectivity index (χ0n) is 29.3. The van der Waals surface area contributed by atoms with Crippen LogP contribution in [0.25, 0.3) is 22.3 Å². The molecule has 0 nitrogen and oxygen atoms in total. The summed E-state index contributed by atoms with van der Waals surface area (Å²) in [6.07, 6.45) is 10.1. The molecule has 0 amide bonds. The molecule has 0 bridgehead atoms. The van der Waals surface area contributed by atoms with E-state index in [4.69, 9.17) is 0 Å². The van der Waals surface area contributed by atoms with Gasteiger partial charge in [-0.2, -0.15) is 0 Å². The van der Waals surface area contributed by atoms with Gasteiger partial charge in [0.05, 0.1) is 0 Å². The van der Waals surface area contributed by atoms with E-state index >= 15 is 0 Å². The predicted molar refractivity (Wildman–Crippen MR) is 194 cm³/mol. The van der Waals surface area contributed by atoms with Gasteiger partial charge in [0, 0.05) is 0 Å². The van der Waals surface area contributed by atoms with Gasteiger partial charge < -0.3 is 24.8 Å². The van der Waals surface area contributed by atoms with Crippen molar-refractivity contribution in [3.8, 4) is 11.1 Å².